The van der Waals surface area contributed by atoms with Crippen molar-refractivity contribution in [1.82, 2.24) is 29.7 Å². The molecule has 0 aliphatic carbocycles. The number of hydrogen-bond acceptors (Lipinski definition) is 8. The summed E-state index contributed by atoms with van der Waals surface area (Å²) in [4.78, 5) is 51.0. The van der Waals surface area contributed by atoms with Crippen molar-refractivity contribution in [2.75, 3.05) is 36.0 Å². The lowest BCUT2D eigenvalue weighted by Crippen LogP contribution is -2.36. The topological polar surface area (TPSA) is 123 Å². The molecule has 14 heteroatoms. The summed E-state index contributed by atoms with van der Waals surface area (Å²) in [5, 5.41) is 0. The summed E-state index contributed by atoms with van der Waals surface area (Å²) >= 11 is 0. The van der Waals surface area contributed by atoms with Gasteiger partial charge in [0.2, 0.25) is 0 Å². The lowest BCUT2D eigenvalue weighted by molar-refractivity contribution is 0.0208. The van der Waals surface area contributed by atoms with Crippen molar-refractivity contribution in [3.05, 3.63) is 119 Å². The molecule has 3 unspecified atom stereocenters. The van der Waals surface area contributed by atoms with E-state index >= 15 is 8.78 Å². The Kier molecular flexibility index (Phi) is 11.6. The lowest BCUT2D eigenvalue weighted by Gasteiger charge is -2.36. The average molecular weight is 913 g/mol. The number of hydrogen-bond donors (Lipinski definition) is 2. The number of aromatic nitrogens is 4. The van der Waals surface area contributed by atoms with Crippen molar-refractivity contribution in [2.24, 2.45) is 0 Å². The van der Waals surface area contributed by atoms with Crippen molar-refractivity contribution in [2.45, 2.75) is 134 Å². The van der Waals surface area contributed by atoms with E-state index in [9.17, 15) is 9.59 Å². The van der Waals surface area contributed by atoms with Crippen LogP contribution in [0.3, 0.4) is 0 Å². The number of halogens is 2. The summed E-state index contributed by atoms with van der Waals surface area (Å²) in [5.74, 6) is 0.630. The number of H-pyrrole nitrogens is 2. The Balaban J connectivity index is 0.973. The molecule has 4 aromatic carbocycles. The van der Waals surface area contributed by atoms with Gasteiger partial charge in [-0.05, 0) is 152 Å². The smallest absolute Gasteiger partial charge is 0.410 e. The van der Waals surface area contributed by atoms with Gasteiger partial charge >= 0.3 is 12.2 Å². The van der Waals surface area contributed by atoms with E-state index in [1.807, 2.05) is 76.8 Å². The van der Waals surface area contributed by atoms with Crippen LogP contribution in [0.15, 0.2) is 78.9 Å². The summed E-state index contributed by atoms with van der Waals surface area (Å²) in [6, 6.07) is 24.8. The van der Waals surface area contributed by atoms with Crippen LogP contribution in [-0.4, -0.2) is 79.3 Å². The first-order chi connectivity index (χ1) is 32.1. The molecule has 0 spiro atoms. The molecule has 0 saturated carbocycles. The Bertz CT molecular complexity index is 2630. The maximum absolute atomic E-state index is 16.7. The molecule has 67 heavy (non-hydrogen) atoms. The number of rotatable bonds is 7. The maximum atomic E-state index is 16.7. The van der Waals surface area contributed by atoms with Gasteiger partial charge in [-0.25, -0.2) is 28.3 Å². The Morgan fingerprint density at radius 1 is 0.582 bits per heavy atom. The van der Waals surface area contributed by atoms with Crippen molar-refractivity contribution in [3.63, 3.8) is 0 Å². The van der Waals surface area contributed by atoms with Crippen LogP contribution in [-0.2, 0) is 9.47 Å². The van der Waals surface area contributed by atoms with E-state index in [0.717, 1.165) is 84.6 Å². The molecule has 4 aliphatic heterocycles. The highest BCUT2D eigenvalue weighted by atomic mass is 19.1. The molecule has 2 aromatic heterocycles. The maximum Gasteiger partial charge on any atom is 0.410 e. The fraction of sp³-hybridized carbons (Fsp3) is 0.472. The number of likely N-dealkylation sites (tertiary alicyclic amines) is 2. The largest absolute Gasteiger partial charge is 0.444 e. The third-order valence-electron chi connectivity index (χ3n) is 14.0. The van der Waals surface area contributed by atoms with Crippen LogP contribution in [0.4, 0.5) is 29.7 Å². The predicted octanol–water partition coefficient (Wildman–Crippen LogP) is 12.3. The average Bonchev–Trinajstić information content (AvgIpc) is 4.14. The molecule has 0 bridgehead atoms. The minimum absolute atomic E-state index is 0.0278. The highest BCUT2D eigenvalue weighted by Gasteiger charge is 2.40. The van der Waals surface area contributed by atoms with Crippen LogP contribution >= 0.6 is 0 Å². The number of benzene rings is 4. The molecular formula is C53H62F2N8O4. The number of piperidine rings is 1. The molecule has 10 rings (SSSR count). The zero-order valence-corrected chi connectivity index (χ0v) is 39.4. The van der Waals surface area contributed by atoms with Gasteiger partial charge in [0.1, 0.15) is 28.5 Å². The molecule has 2 amide bonds. The molecule has 12 nitrogen and oxygen atoms in total. The van der Waals surface area contributed by atoms with Crippen LogP contribution in [0.5, 0.6) is 0 Å². The fourth-order valence-corrected chi connectivity index (χ4v) is 11.0. The number of anilines is 2. The summed E-state index contributed by atoms with van der Waals surface area (Å²) in [6.07, 6.45) is 5.62. The molecule has 4 aliphatic rings. The van der Waals surface area contributed by atoms with E-state index in [-0.39, 0.29) is 42.0 Å². The molecule has 6 aromatic rings. The summed E-state index contributed by atoms with van der Waals surface area (Å²) in [7, 11) is 0. The van der Waals surface area contributed by atoms with Crippen LogP contribution in [0.1, 0.15) is 151 Å². The SMILES string of the molecule is CC(C)(C)OC(=O)N1CCCC1c1nc2ccc(C3CC[C@H](c4ccc5nc(C6CCCN6C(=O)OC(C)(C)C)[nH]c5c4)N3c3cc(F)c(N4CCC(c5ccccc5)CC4)c(F)c3)cc2[nH]1. The number of aromatic amines is 2. The molecule has 4 fully saturated rings. The third kappa shape index (κ3) is 9.03. The minimum Gasteiger partial charge on any atom is -0.444 e. The lowest BCUT2D eigenvalue weighted by atomic mass is 9.89. The van der Waals surface area contributed by atoms with E-state index in [4.69, 9.17) is 19.4 Å². The molecule has 6 heterocycles. The molecule has 2 N–H and O–H groups in total. The predicted molar refractivity (Wildman–Crippen MR) is 256 cm³/mol. The van der Waals surface area contributed by atoms with Gasteiger partial charge < -0.3 is 29.2 Å². The van der Waals surface area contributed by atoms with Crippen molar-refractivity contribution < 1.29 is 27.8 Å². The Hall–Kier alpha value is -6.18. The van der Waals surface area contributed by atoms with Gasteiger partial charge in [0.05, 0.1) is 46.2 Å². The third-order valence-corrected chi connectivity index (χ3v) is 14.0. The van der Waals surface area contributed by atoms with Gasteiger partial charge in [0, 0.05) is 31.9 Å². The van der Waals surface area contributed by atoms with Gasteiger partial charge in [0.15, 0.2) is 11.6 Å². The van der Waals surface area contributed by atoms with Crippen molar-refractivity contribution in [3.8, 4) is 0 Å². The second kappa shape index (κ2) is 17.5. The van der Waals surface area contributed by atoms with Crippen molar-refractivity contribution in [1.29, 1.82) is 0 Å². The van der Waals surface area contributed by atoms with E-state index in [1.54, 1.807) is 9.80 Å². The van der Waals surface area contributed by atoms with Crippen LogP contribution in [0.2, 0.25) is 0 Å². The number of fused-ring (bicyclic) bond motifs is 2. The van der Waals surface area contributed by atoms with Gasteiger partial charge in [-0.1, -0.05) is 42.5 Å². The molecule has 4 atom stereocenters. The zero-order chi connectivity index (χ0) is 46.8. The standard InChI is InChI=1S/C53H62F2N8O4/c1-52(2,3)66-50(64)61-24-10-14-45(61)48-56-39-18-16-34(28-41(39)58-48)43-20-21-44(35-17-19-40-42(29-35)59-49(57-40)46-15-11-25-62(46)51(65)67-53(4,5)6)63(43)36-30-37(54)47(38(55)31-36)60-26-22-33(23-27-60)32-12-8-7-9-13-32/h7-9,12-13,16-19,28-31,33,43-46H,10-11,14-15,20-27H2,1-6H3,(H,56,58)(H,57,59)/t43-,44?,45?,46?/m1/s1. The second-order valence-corrected chi connectivity index (χ2v) is 20.9. The fourth-order valence-electron chi connectivity index (χ4n) is 11.0. The Morgan fingerprint density at radius 3 is 1.52 bits per heavy atom. The Labute approximate surface area is 391 Å². The normalized spacial score (nSPS) is 21.9. The van der Waals surface area contributed by atoms with Crippen LogP contribution in [0.25, 0.3) is 22.1 Å². The molecule has 4 saturated heterocycles. The summed E-state index contributed by atoms with van der Waals surface area (Å²) < 4.78 is 44.9. The van der Waals surface area contributed by atoms with E-state index in [2.05, 4.69) is 51.3 Å². The minimum atomic E-state index is -0.614. The molecule has 0 radical (unpaired) electrons. The zero-order valence-electron chi connectivity index (χ0n) is 39.4. The van der Waals surface area contributed by atoms with Crippen molar-refractivity contribution >= 4 is 45.6 Å². The number of amides is 2. The molecule has 352 valence electrons. The number of nitrogens with zero attached hydrogens (tertiary/aromatic N) is 6. The van der Waals surface area contributed by atoms with Gasteiger partial charge in [-0.2, -0.15) is 0 Å². The van der Waals surface area contributed by atoms with Crippen LogP contribution < -0.4 is 9.80 Å². The van der Waals surface area contributed by atoms with E-state index < -0.39 is 22.8 Å². The quantitative estimate of drug-likeness (QED) is 0.162. The van der Waals surface area contributed by atoms with E-state index in [1.165, 1.54) is 17.7 Å². The number of carbonyl (C=O) groups is 2. The van der Waals surface area contributed by atoms with Gasteiger partial charge in [-0.3, -0.25) is 9.80 Å². The first-order valence-electron chi connectivity index (χ1n) is 24.1. The monoisotopic (exact) mass is 912 g/mol. The number of nitrogens with one attached hydrogen (secondary N) is 2. The number of imidazole rings is 2. The molecular weight excluding hydrogens is 851 g/mol. The second-order valence-electron chi connectivity index (χ2n) is 20.9. The summed E-state index contributed by atoms with van der Waals surface area (Å²) in [5.41, 5.74) is 5.73. The van der Waals surface area contributed by atoms with Gasteiger partial charge in [-0.15, -0.1) is 0 Å². The number of ether oxygens (including phenoxy) is 2. The highest BCUT2D eigenvalue weighted by molar-refractivity contribution is 5.79. The van der Waals surface area contributed by atoms with Gasteiger partial charge in [0.25, 0.3) is 0 Å². The first-order valence-corrected chi connectivity index (χ1v) is 24.1. The van der Waals surface area contributed by atoms with E-state index in [0.29, 0.717) is 49.4 Å². The van der Waals surface area contributed by atoms with Crippen LogP contribution in [0, 0.1) is 11.6 Å². The highest BCUT2D eigenvalue weighted by Crippen LogP contribution is 2.49. The Morgan fingerprint density at radius 2 is 1.06 bits per heavy atom. The summed E-state index contributed by atoms with van der Waals surface area (Å²) in [6.45, 7) is 13.5. The number of carbonyl (C=O) groups excluding carboxylic acids is 2. The first kappa shape index (κ1) is 44.6.